The highest BCUT2D eigenvalue weighted by atomic mass is 16.5. The molecule has 0 N–H and O–H groups in total. The molecule has 1 fully saturated rings. The first-order chi connectivity index (χ1) is 11.2. The van der Waals surface area contributed by atoms with Crippen LogP contribution in [-0.4, -0.2) is 30.2 Å². The summed E-state index contributed by atoms with van der Waals surface area (Å²) in [5.74, 6) is 0. The quantitative estimate of drug-likeness (QED) is 0.593. The van der Waals surface area contributed by atoms with Gasteiger partial charge in [-0.15, -0.1) is 13.2 Å². The van der Waals surface area contributed by atoms with Gasteiger partial charge in [-0.2, -0.15) is 0 Å². The zero-order chi connectivity index (χ0) is 17.0. The number of carbonyl (C=O) groups excluding carboxylic acids is 1. The van der Waals surface area contributed by atoms with Gasteiger partial charge in [-0.25, -0.2) is 4.79 Å². The van der Waals surface area contributed by atoms with Crippen LogP contribution in [0, 0.1) is 0 Å². The number of hydrogen-bond donors (Lipinski definition) is 0. The summed E-state index contributed by atoms with van der Waals surface area (Å²) in [7, 11) is 1.47. The molecule has 0 aromatic heterocycles. The van der Waals surface area contributed by atoms with Crippen LogP contribution in [0.5, 0.6) is 0 Å². The fourth-order valence-corrected chi connectivity index (χ4v) is 3.82. The van der Waals surface area contributed by atoms with Gasteiger partial charge in [0, 0.05) is 6.54 Å². The van der Waals surface area contributed by atoms with Gasteiger partial charge in [-0.3, -0.25) is 4.90 Å². The summed E-state index contributed by atoms with van der Waals surface area (Å²) >= 11 is 0. The van der Waals surface area contributed by atoms with E-state index in [0.29, 0.717) is 6.54 Å². The molecule has 1 aliphatic rings. The smallest absolute Gasteiger partial charge is 0.410 e. The van der Waals surface area contributed by atoms with E-state index in [0.717, 1.165) is 19.3 Å². The molecule has 0 aromatic carbocycles. The number of methoxy groups -OCH3 is 1. The van der Waals surface area contributed by atoms with E-state index in [1.165, 1.54) is 64.9 Å². The number of hydrogen-bond acceptors (Lipinski definition) is 2. The van der Waals surface area contributed by atoms with Crippen molar-refractivity contribution in [1.82, 2.24) is 4.90 Å². The van der Waals surface area contributed by atoms with E-state index in [1.54, 1.807) is 6.08 Å². The summed E-state index contributed by atoms with van der Waals surface area (Å²) in [6.45, 7) is 8.33. The topological polar surface area (TPSA) is 29.5 Å². The highest BCUT2D eigenvalue weighted by Gasteiger charge is 2.37. The van der Waals surface area contributed by atoms with Gasteiger partial charge < -0.3 is 4.74 Å². The first-order valence-corrected chi connectivity index (χ1v) is 9.27. The molecule has 0 atom stereocenters. The standard InChI is InChI=1S/C20H35NO2/c1-4-15-20(21(18-5-2)19(22)23-3)16-13-11-9-7-6-8-10-12-14-17-20/h4-5H,1-2,6-18H2,3H3. The Kier molecular flexibility index (Phi) is 9.74. The molecule has 0 aliphatic heterocycles. The normalized spacial score (nSPS) is 19.7. The summed E-state index contributed by atoms with van der Waals surface area (Å²) in [5, 5.41) is 0. The molecule has 1 amide bonds. The van der Waals surface area contributed by atoms with E-state index in [-0.39, 0.29) is 11.6 Å². The molecular weight excluding hydrogens is 286 g/mol. The van der Waals surface area contributed by atoms with Crippen LogP contribution in [0.4, 0.5) is 4.79 Å². The van der Waals surface area contributed by atoms with Gasteiger partial charge in [0.2, 0.25) is 0 Å². The second-order valence-electron chi connectivity index (χ2n) is 6.77. The van der Waals surface area contributed by atoms with Crippen molar-refractivity contribution in [3.05, 3.63) is 25.3 Å². The average Bonchev–Trinajstić information content (AvgIpc) is 2.55. The van der Waals surface area contributed by atoms with Gasteiger partial charge in [0.25, 0.3) is 0 Å². The third-order valence-corrected chi connectivity index (χ3v) is 5.09. The van der Waals surface area contributed by atoms with Gasteiger partial charge in [0.05, 0.1) is 12.6 Å². The molecule has 0 heterocycles. The number of carbonyl (C=O) groups is 1. The largest absolute Gasteiger partial charge is 0.453 e. The van der Waals surface area contributed by atoms with Crippen molar-refractivity contribution in [3.8, 4) is 0 Å². The van der Waals surface area contributed by atoms with Gasteiger partial charge in [-0.1, -0.05) is 69.9 Å². The van der Waals surface area contributed by atoms with Crippen molar-refractivity contribution in [1.29, 1.82) is 0 Å². The van der Waals surface area contributed by atoms with Crippen LogP contribution >= 0.6 is 0 Å². The molecule has 1 saturated carbocycles. The van der Waals surface area contributed by atoms with Crippen molar-refractivity contribution in [3.63, 3.8) is 0 Å². The monoisotopic (exact) mass is 321 g/mol. The average molecular weight is 322 g/mol. The molecule has 0 bridgehead atoms. The third kappa shape index (κ3) is 6.40. The minimum Gasteiger partial charge on any atom is -0.453 e. The summed E-state index contributed by atoms with van der Waals surface area (Å²) < 4.78 is 5.07. The van der Waals surface area contributed by atoms with E-state index >= 15 is 0 Å². The molecule has 3 nitrogen and oxygen atoms in total. The fourth-order valence-electron chi connectivity index (χ4n) is 3.82. The Labute approximate surface area is 142 Å². The van der Waals surface area contributed by atoms with Crippen LogP contribution in [0.15, 0.2) is 25.3 Å². The summed E-state index contributed by atoms with van der Waals surface area (Å²) in [4.78, 5) is 14.3. The van der Waals surface area contributed by atoms with Crippen LogP contribution in [-0.2, 0) is 4.74 Å². The van der Waals surface area contributed by atoms with Crippen LogP contribution in [0.25, 0.3) is 0 Å². The Morgan fingerprint density at radius 1 is 0.957 bits per heavy atom. The molecule has 1 aliphatic carbocycles. The summed E-state index contributed by atoms with van der Waals surface area (Å²) in [6.07, 6.45) is 17.9. The van der Waals surface area contributed by atoms with Gasteiger partial charge in [0.1, 0.15) is 0 Å². The Morgan fingerprint density at radius 3 is 1.83 bits per heavy atom. The minimum absolute atomic E-state index is 0.164. The van der Waals surface area contributed by atoms with Crippen molar-refractivity contribution < 1.29 is 9.53 Å². The molecular formula is C20H35NO2. The summed E-state index contributed by atoms with van der Waals surface area (Å²) in [5.41, 5.74) is -0.164. The second-order valence-corrected chi connectivity index (χ2v) is 6.77. The Balaban J connectivity index is 2.96. The molecule has 1 rings (SSSR count). The van der Waals surface area contributed by atoms with Crippen molar-refractivity contribution >= 4 is 6.09 Å². The summed E-state index contributed by atoms with van der Waals surface area (Å²) in [6, 6.07) is 0. The zero-order valence-corrected chi connectivity index (χ0v) is 15.0. The lowest BCUT2D eigenvalue weighted by Crippen LogP contribution is -2.51. The maximum atomic E-state index is 12.4. The molecule has 0 aromatic rings. The third-order valence-electron chi connectivity index (χ3n) is 5.09. The Bertz CT molecular complexity index is 353. The van der Waals surface area contributed by atoms with Crippen LogP contribution in [0.1, 0.15) is 77.0 Å². The zero-order valence-electron chi connectivity index (χ0n) is 15.0. The highest BCUT2D eigenvalue weighted by molar-refractivity contribution is 5.68. The predicted molar refractivity (Wildman–Crippen MR) is 97.6 cm³/mol. The van der Waals surface area contributed by atoms with Gasteiger partial charge in [0.15, 0.2) is 0 Å². The maximum absolute atomic E-state index is 12.4. The highest BCUT2D eigenvalue weighted by Crippen LogP contribution is 2.34. The van der Waals surface area contributed by atoms with E-state index < -0.39 is 0 Å². The fraction of sp³-hybridized carbons (Fsp3) is 0.750. The molecule has 0 spiro atoms. The molecule has 0 unspecified atom stereocenters. The lowest BCUT2D eigenvalue weighted by Gasteiger charge is -2.43. The number of amides is 1. The van der Waals surface area contributed by atoms with E-state index in [9.17, 15) is 4.79 Å². The molecule has 0 saturated heterocycles. The first-order valence-electron chi connectivity index (χ1n) is 9.27. The first kappa shape index (κ1) is 19.8. The van der Waals surface area contributed by atoms with E-state index in [2.05, 4.69) is 13.2 Å². The van der Waals surface area contributed by atoms with Crippen LogP contribution in [0.2, 0.25) is 0 Å². The Hall–Kier alpha value is -1.25. The van der Waals surface area contributed by atoms with Crippen LogP contribution in [0.3, 0.4) is 0 Å². The molecule has 3 heteroatoms. The number of ether oxygens (including phenoxy) is 1. The lowest BCUT2D eigenvalue weighted by atomic mass is 9.81. The second kappa shape index (κ2) is 11.3. The molecule has 132 valence electrons. The minimum atomic E-state index is -0.237. The maximum Gasteiger partial charge on any atom is 0.410 e. The van der Waals surface area contributed by atoms with E-state index in [1.807, 2.05) is 11.0 Å². The Morgan fingerprint density at radius 2 is 1.43 bits per heavy atom. The van der Waals surface area contributed by atoms with Crippen LogP contribution < -0.4 is 0 Å². The lowest BCUT2D eigenvalue weighted by molar-refractivity contribution is 0.0561. The van der Waals surface area contributed by atoms with Crippen molar-refractivity contribution in [2.75, 3.05) is 13.7 Å². The number of nitrogens with zero attached hydrogens (tertiary/aromatic N) is 1. The SMILES string of the molecule is C=CCN(C(=O)OC)C1(CC=C)CCCCCCCCCCC1. The molecule has 0 radical (unpaired) electrons. The number of rotatable bonds is 5. The predicted octanol–water partition coefficient (Wildman–Crippen LogP) is 5.86. The van der Waals surface area contributed by atoms with Crippen molar-refractivity contribution in [2.24, 2.45) is 0 Å². The van der Waals surface area contributed by atoms with Gasteiger partial charge >= 0.3 is 6.09 Å². The van der Waals surface area contributed by atoms with E-state index in [4.69, 9.17) is 4.74 Å². The molecule has 23 heavy (non-hydrogen) atoms. The van der Waals surface area contributed by atoms with Gasteiger partial charge in [-0.05, 0) is 19.3 Å². The van der Waals surface area contributed by atoms with Crippen molar-refractivity contribution in [2.45, 2.75) is 82.6 Å².